The van der Waals surface area contributed by atoms with Gasteiger partial charge in [-0.05, 0) is 12.8 Å². The SMILES string of the molecule is CC(C)C(C)(F)[C](F)F. The molecule has 0 aliphatic rings. The van der Waals surface area contributed by atoms with Gasteiger partial charge in [-0.25, -0.2) is 4.39 Å². The molecule has 0 saturated heterocycles. The van der Waals surface area contributed by atoms with Gasteiger partial charge in [0.15, 0.2) is 5.67 Å². The molecule has 0 fully saturated rings. The van der Waals surface area contributed by atoms with Gasteiger partial charge in [0, 0.05) is 0 Å². The zero-order chi connectivity index (χ0) is 7.65. The predicted molar refractivity (Wildman–Crippen MR) is 29.8 cm³/mol. The van der Waals surface area contributed by atoms with E-state index in [1.165, 1.54) is 13.8 Å². The maximum Gasteiger partial charge on any atom is 0.346 e. The second-order valence-corrected chi connectivity index (χ2v) is 2.49. The molecular formula is C6H10F3. The topological polar surface area (TPSA) is 0 Å². The van der Waals surface area contributed by atoms with Crippen LogP contribution in [0.4, 0.5) is 13.2 Å². The first-order chi connectivity index (χ1) is 3.89. The average Bonchev–Trinajstić information content (AvgIpc) is 1.65. The second-order valence-electron chi connectivity index (χ2n) is 2.49. The molecule has 0 bridgehead atoms. The van der Waals surface area contributed by atoms with E-state index in [2.05, 4.69) is 0 Å². The van der Waals surface area contributed by atoms with Gasteiger partial charge < -0.3 is 0 Å². The van der Waals surface area contributed by atoms with E-state index in [4.69, 9.17) is 0 Å². The lowest BCUT2D eigenvalue weighted by molar-refractivity contribution is 0.0323. The Balaban J connectivity index is 4.01. The standard InChI is InChI=1S/C6H10F3/c1-4(2)6(3,9)5(7)8/h4H,1-3H3. The lowest BCUT2D eigenvalue weighted by Crippen LogP contribution is -2.28. The molecule has 0 rings (SSSR count). The fraction of sp³-hybridized carbons (Fsp3) is 0.833. The minimum atomic E-state index is -2.42. The Labute approximate surface area is 53.1 Å². The van der Waals surface area contributed by atoms with Crippen LogP contribution in [-0.2, 0) is 0 Å². The number of hydrogen-bond donors (Lipinski definition) is 0. The molecule has 0 aliphatic heterocycles. The molecule has 1 radical (unpaired) electrons. The first-order valence-electron chi connectivity index (χ1n) is 2.76. The summed E-state index contributed by atoms with van der Waals surface area (Å²) in [5.41, 5.74) is -2.42. The van der Waals surface area contributed by atoms with Crippen molar-refractivity contribution in [3.8, 4) is 0 Å². The molecule has 55 valence electrons. The highest BCUT2D eigenvalue weighted by Gasteiger charge is 2.40. The van der Waals surface area contributed by atoms with Gasteiger partial charge in [0.1, 0.15) is 0 Å². The molecule has 0 amide bonds. The van der Waals surface area contributed by atoms with Crippen LogP contribution in [0.2, 0.25) is 0 Å². The van der Waals surface area contributed by atoms with Crippen molar-refractivity contribution < 1.29 is 13.2 Å². The summed E-state index contributed by atoms with van der Waals surface area (Å²) in [5, 5.41) is 0. The van der Waals surface area contributed by atoms with E-state index in [1.54, 1.807) is 0 Å². The lowest BCUT2D eigenvalue weighted by Gasteiger charge is -2.21. The van der Waals surface area contributed by atoms with Crippen LogP contribution in [-0.4, -0.2) is 5.67 Å². The molecule has 1 atom stereocenters. The van der Waals surface area contributed by atoms with Crippen LogP contribution in [0.25, 0.3) is 0 Å². The Bertz CT molecular complexity index is 76.3. The first-order valence-corrected chi connectivity index (χ1v) is 2.76. The second kappa shape index (κ2) is 2.58. The summed E-state index contributed by atoms with van der Waals surface area (Å²) in [5.74, 6) is -0.664. The van der Waals surface area contributed by atoms with Gasteiger partial charge in [0.25, 0.3) is 0 Å². The highest BCUT2D eigenvalue weighted by molar-refractivity contribution is 4.91. The number of halogens is 3. The van der Waals surface area contributed by atoms with E-state index in [0.29, 0.717) is 0 Å². The summed E-state index contributed by atoms with van der Waals surface area (Å²) in [7, 11) is 0. The van der Waals surface area contributed by atoms with Crippen LogP contribution < -0.4 is 0 Å². The fourth-order valence-corrected chi connectivity index (χ4v) is 0.218. The highest BCUT2D eigenvalue weighted by Crippen LogP contribution is 2.33. The van der Waals surface area contributed by atoms with Crippen molar-refractivity contribution >= 4 is 0 Å². The van der Waals surface area contributed by atoms with Crippen molar-refractivity contribution in [3.63, 3.8) is 0 Å². The van der Waals surface area contributed by atoms with Crippen molar-refractivity contribution in [3.05, 3.63) is 6.43 Å². The van der Waals surface area contributed by atoms with E-state index in [1.807, 2.05) is 0 Å². The molecule has 0 N–H and O–H groups in total. The van der Waals surface area contributed by atoms with Gasteiger partial charge in [-0.15, -0.1) is 0 Å². The van der Waals surface area contributed by atoms with Crippen LogP contribution in [0.5, 0.6) is 0 Å². The van der Waals surface area contributed by atoms with Gasteiger partial charge in [-0.3, -0.25) is 0 Å². The van der Waals surface area contributed by atoms with Crippen molar-refractivity contribution in [2.24, 2.45) is 5.92 Å². The van der Waals surface area contributed by atoms with Crippen molar-refractivity contribution in [2.45, 2.75) is 26.4 Å². The number of alkyl halides is 1. The molecule has 0 heterocycles. The first kappa shape index (κ1) is 8.79. The highest BCUT2D eigenvalue weighted by atomic mass is 19.3. The molecule has 9 heavy (non-hydrogen) atoms. The number of rotatable bonds is 2. The predicted octanol–water partition coefficient (Wildman–Crippen LogP) is 2.80. The normalized spacial score (nSPS) is 18.7. The smallest absolute Gasteiger partial charge is 0.237 e. The van der Waals surface area contributed by atoms with E-state index < -0.39 is 18.0 Å². The Hall–Kier alpha value is -0.210. The minimum Gasteiger partial charge on any atom is -0.237 e. The molecule has 0 saturated carbocycles. The largest absolute Gasteiger partial charge is 0.346 e. The quantitative estimate of drug-likeness (QED) is 0.551. The molecule has 0 spiro atoms. The van der Waals surface area contributed by atoms with Gasteiger partial charge in [-0.1, -0.05) is 13.8 Å². The Kier molecular flexibility index (Phi) is 2.52. The third-order valence-corrected chi connectivity index (χ3v) is 1.45. The zero-order valence-corrected chi connectivity index (χ0v) is 5.71. The molecule has 0 aromatic heterocycles. The summed E-state index contributed by atoms with van der Waals surface area (Å²) in [4.78, 5) is 0. The van der Waals surface area contributed by atoms with E-state index in [0.717, 1.165) is 6.92 Å². The van der Waals surface area contributed by atoms with Crippen LogP contribution >= 0.6 is 0 Å². The van der Waals surface area contributed by atoms with E-state index in [9.17, 15) is 13.2 Å². The molecule has 1 unspecified atom stereocenters. The van der Waals surface area contributed by atoms with Crippen LogP contribution in [0.1, 0.15) is 20.8 Å². The Morgan fingerprint density at radius 1 is 1.33 bits per heavy atom. The lowest BCUT2D eigenvalue weighted by atomic mass is 9.95. The summed E-state index contributed by atoms with van der Waals surface area (Å²) in [6, 6.07) is 0. The van der Waals surface area contributed by atoms with Crippen molar-refractivity contribution in [2.75, 3.05) is 0 Å². The maximum atomic E-state index is 12.5. The van der Waals surface area contributed by atoms with Gasteiger partial charge in [-0.2, -0.15) is 8.78 Å². The van der Waals surface area contributed by atoms with Crippen molar-refractivity contribution in [1.29, 1.82) is 0 Å². The molecule has 0 aliphatic carbocycles. The summed E-state index contributed by atoms with van der Waals surface area (Å²) in [6.45, 7) is 3.71. The zero-order valence-electron chi connectivity index (χ0n) is 5.71. The summed E-state index contributed by atoms with van der Waals surface area (Å²) < 4.78 is 35.8. The van der Waals surface area contributed by atoms with Crippen LogP contribution in [0.15, 0.2) is 0 Å². The maximum absolute atomic E-state index is 12.5. The molecule has 0 aromatic carbocycles. The fourth-order valence-electron chi connectivity index (χ4n) is 0.218. The minimum absolute atomic E-state index is 0.664. The van der Waals surface area contributed by atoms with Gasteiger partial charge in [0.05, 0.1) is 0 Å². The summed E-state index contributed by atoms with van der Waals surface area (Å²) >= 11 is 0. The van der Waals surface area contributed by atoms with E-state index >= 15 is 0 Å². The number of hydrogen-bond acceptors (Lipinski definition) is 0. The van der Waals surface area contributed by atoms with E-state index in [-0.39, 0.29) is 0 Å². The van der Waals surface area contributed by atoms with Crippen molar-refractivity contribution in [1.82, 2.24) is 0 Å². The Morgan fingerprint density at radius 2 is 1.67 bits per heavy atom. The Morgan fingerprint density at radius 3 is 1.67 bits per heavy atom. The third kappa shape index (κ3) is 1.88. The van der Waals surface area contributed by atoms with Gasteiger partial charge in [0.2, 0.25) is 0 Å². The molecule has 3 heteroatoms. The monoisotopic (exact) mass is 139 g/mol. The molecular weight excluding hydrogens is 129 g/mol. The van der Waals surface area contributed by atoms with Crippen LogP contribution in [0.3, 0.4) is 0 Å². The summed E-state index contributed by atoms with van der Waals surface area (Å²) in [6.07, 6.45) is -2.14. The van der Waals surface area contributed by atoms with Crippen LogP contribution in [0, 0.1) is 12.3 Å². The van der Waals surface area contributed by atoms with Gasteiger partial charge >= 0.3 is 6.43 Å². The average molecular weight is 139 g/mol. The third-order valence-electron chi connectivity index (χ3n) is 1.45. The molecule has 0 aromatic rings. The molecule has 0 nitrogen and oxygen atoms in total.